The van der Waals surface area contributed by atoms with E-state index in [1.54, 1.807) is 7.11 Å². The van der Waals surface area contributed by atoms with Gasteiger partial charge in [-0.1, -0.05) is 62.6 Å². The predicted molar refractivity (Wildman–Crippen MR) is 109 cm³/mol. The number of rotatable bonds is 13. The molecule has 1 N–H and O–H groups in total. The Kier molecular flexibility index (Phi) is 9.66. The van der Waals surface area contributed by atoms with Crippen LogP contribution < -0.4 is 14.8 Å². The average molecular weight is 356 g/mol. The first-order valence-corrected chi connectivity index (χ1v) is 9.88. The van der Waals surface area contributed by atoms with Gasteiger partial charge in [-0.15, -0.1) is 0 Å². The van der Waals surface area contributed by atoms with Gasteiger partial charge in [-0.2, -0.15) is 0 Å². The number of hydrogen-bond acceptors (Lipinski definition) is 3. The van der Waals surface area contributed by atoms with E-state index in [1.165, 1.54) is 30.4 Å². The lowest BCUT2D eigenvalue weighted by Crippen LogP contribution is -2.15. The van der Waals surface area contributed by atoms with Crippen molar-refractivity contribution in [1.82, 2.24) is 5.32 Å². The van der Waals surface area contributed by atoms with Crippen molar-refractivity contribution in [3.8, 4) is 11.5 Å². The predicted octanol–water partition coefficient (Wildman–Crippen LogP) is 5.38. The molecule has 0 aliphatic heterocycles. The van der Waals surface area contributed by atoms with Crippen molar-refractivity contribution in [2.45, 2.75) is 52.0 Å². The molecular weight excluding hydrogens is 322 g/mol. The van der Waals surface area contributed by atoms with Gasteiger partial charge in [-0.3, -0.25) is 0 Å². The molecule has 3 nitrogen and oxygen atoms in total. The van der Waals surface area contributed by atoms with Gasteiger partial charge in [-0.05, 0) is 49.1 Å². The highest BCUT2D eigenvalue weighted by Gasteiger charge is 2.06. The van der Waals surface area contributed by atoms with E-state index in [4.69, 9.17) is 9.47 Å². The minimum atomic E-state index is 0.757. The van der Waals surface area contributed by atoms with Gasteiger partial charge in [0.2, 0.25) is 0 Å². The Morgan fingerprint density at radius 1 is 0.846 bits per heavy atom. The number of aryl methyl sites for hydroxylation is 1. The zero-order valence-corrected chi connectivity index (χ0v) is 16.3. The molecule has 0 aliphatic rings. The van der Waals surface area contributed by atoms with E-state index in [0.717, 1.165) is 50.5 Å². The molecule has 2 aromatic rings. The van der Waals surface area contributed by atoms with Gasteiger partial charge in [0, 0.05) is 6.54 Å². The number of methoxy groups -OCH3 is 1. The number of benzene rings is 2. The van der Waals surface area contributed by atoms with Crippen LogP contribution in [0.2, 0.25) is 0 Å². The third-order valence-corrected chi connectivity index (χ3v) is 4.47. The molecule has 0 saturated carbocycles. The maximum Gasteiger partial charge on any atom is 0.161 e. The Labute approximate surface area is 158 Å². The molecule has 0 fully saturated rings. The zero-order chi connectivity index (χ0) is 18.5. The van der Waals surface area contributed by atoms with Crippen LogP contribution in [-0.4, -0.2) is 20.3 Å². The van der Waals surface area contributed by atoms with Crippen molar-refractivity contribution in [2.75, 3.05) is 20.3 Å². The third kappa shape index (κ3) is 7.49. The number of ether oxygens (including phenoxy) is 2. The van der Waals surface area contributed by atoms with Gasteiger partial charge >= 0.3 is 0 Å². The highest BCUT2D eigenvalue weighted by atomic mass is 16.5. The summed E-state index contributed by atoms with van der Waals surface area (Å²) in [5.41, 5.74) is 2.62. The molecule has 26 heavy (non-hydrogen) atoms. The second-order valence-electron chi connectivity index (χ2n) is 6.66. The van der Waals surface area contributed by atoms with Crippen LogP contribution in [0.3, 0.4) is 0 Å². The van der Waals surface area contributed by atoms with Crippen LogP contribution in [0.15, 0.2) is 48.5 Å². The van der Waals surface area contributed by atoms with Gasteiger partial charge in [0.05, 0.1) is 13.7 Å². The molecule has 2 aromatic carbocycles. The molecule has 0 bridgehead atoms. The zero-order valence-electron chi connectivity index (χ0n) is 16.3. The SMILES string of the molecule is CCCCCCOc1ccc(CNCCCc2ccccc2)cc1OC. The highest BCUT2D eigenvalue weighted by molar-refractivity contribution is 5.42. The fourth-order valence-corrected chi connectivity index (χ4v) is 2.95. The van der Waals surface area contributed by atoms with Crippen LogP contribution in [-0.2, 0) is 13.0 Å². The van der Waals surface area contributed by atoms with E-state index in [1.807, 2.05) is 6.07 Å². The fraction of sp³-hybridized carbons (Fsp3) is 0.478. The highest BCUT2D eigenvalue weighted by Crippen LogP contribution is 2.28. The first kappa shape index (κ1) is 20.3. The molecule has 0 radical (unpaired) electrons. The first-order valence-electron chi connectivity index (χ1n) is 9.88. The lowest BCUT2D eigenvalue weighted by atomic mass is 10.1. The molecular formula is C23H33NO2. The van der Waals surface area contributed by atoms with Crippen molar-refractivity contribution in [3.05, 3.63) is 59.7 Å². The summed E-state index contributed by atoms with van der Waals surface area (Å²) in [6.45, 7) is 4.83. The third-order valence-electron chi connectivity index (χ3n) is 4.47. The average Bonchev–Trinajstić information content (AvgIpc) is 2.69. The quantitative estimate of drug-likeness (QED) is 0.490. The molecule has 0 amide bonds. The lowest BCUT2D eigenvalue weighted by molar-refractivity contribution is 0.285. The van der Waals surface area contributed by atoms with Gasteiger partial charge in [0.15, 0.2) is 11.5 Å². The van der Waals surface area contributed by atoms with Gasteiger partial charge < -0.3 is 14.8 Å². The Balaban J connectivity index is 1.70. The van der Waals surface area contributed by atoms with E-state index in [-0.39, 0.29) is 0 Å². The summed E-state index contributed by atoms with van der Waals surface area (Å²) in [7, 11) is 1.70. The molecule has 0 atom stereocenters. The van der Waals surface area contributed by atoms with Gasteiger partial charge in [0.1, 0.15) is 0 Å². The largest absolute Gasteiger partial charge is 0.493 e. The number of nitrogens with one attached hydrogen (secondary N) is 1. The second kappa shape index (κ2) is 12.4. The monoisotopic (exact) mass is 355 g/mol. The summed E-state index contributed by atoms with van der Waals surface area (Å²) in [6, 6.07) is 16.9. The summed E-state index contributed by atoms with van der Waals surface area (Å²) in [5, 5.41) is 3.51. The number of hydrogen-bond donors (Lipinski definition) is 1. The standard InChI is InChI=1S/C23H33NO2/c1-3-4-5-9-17-26-22-15-14-21(18-23(22)25-2)19-24-16-10-13-20-11-7-6-8-12-20/h6-8,11-12,14-15,18,24H,3-5,9-10,13,16-17,19H2,1-2H3. The summed E-state index contributed by atoms with van der Waals surface area (Å²) >= 11 is 0. The van der Waals surface area contributed by atoms with Crippen LogP contribution in [0.5, 0.6) is 11.5 Å². The van der Waals surface area contributed by atoms with Gasteiger partial charge in [0.25, 0.3) is 0 Å². The van der Waals surface area contributed by atoms with Crippen molar-refractivity contribution < 1.29 is 9.47 Å². The van der Waals surface area contributed by atoms with Crippen LogP contribution in [0.1, 0.15) is 50.2 Å². The van der Waals surface area contributed by atoms with Gasteiger partial charge in [-0.25, -0.2) is 0 Å². The fourth-order valence-electron chi connectivity index (χ4n) is 2.95. The molecule has 0 spiro atoms. The van der Waals surface area contributed by atoms with Crippen molar-refractivity contribution in [3.63, 3.8) is 0 Å². The summed E-state index contributed by atoms with van der Waals surface area (Å²) in [6.07, 6.45) is 7.10. The normalized spacial score (nSPS) is 10.7. The molecule has 0 unspecified atom stereocenters. The van der Waals surface area contributed by atoms with Crippen LogP contribution >= 0.6 is 0 Å². The maximum atomic E-state index is 5.88. The first-order chi connectivity index (χ1) is 12.8. The minimum Gasteiger partial charge on any atom is -0.493 e. The van der Waals surface area contributed by atoms with E-state index in [9.17, 15) is 0 Å². The molecule has 3 heteroatoms. The maximum absolute atomic E-state index is 5.88. The van der Waals surface area contributed by atoms with Crippen LogP contribution in [0, 0.1) is 0 Å². The molecule has 0 aliphatic carbocycles. The van der Waals surface area contributed by atoms with Crippen molar-refractivity contribution in [2.24, 2.45) is 0 Å². The molecule has 2 rings (SSSR count). The molecule has 0 aromatic heterocycles. The second-order valence-corrected chi connectivity index (χ2v) is 6.66. The Bertz CT molecular complexity index is 613. The Morgan fingerprint density at radius 2 is 1.69 bits per heavy atom. The Morgan fingerprint density at radius 3 is 2.46 bits per heavy atom. The molecule has 142 valence electrons. The Hall–Kier alpha value is -2.00. The summed E-state index contributed by atoms with van der Waals surface area (Å²) < 4.78 is 11.4. The molecule has 0 heterocycles. The van der Waals surface area contributed by atoms with Crippen LogP contribution in [0.4, 0.5) is 0 Å². The van der Waals surface area contributed by atoms with E-state index < -0.39 is 0 Å². The summed E-state index contributed by atoms with van der Waals surface area (Å²) in [5.74, 6) is 1.67. The smallest absolute Gasteiger partial charge is 0.161 e. The van der Waals surface area contributed by atoms with E-state index in [2.05, 4.69) is 54.7 Å². The molecule has 0 saturated heterocycles. The summed E-state index contributed by atoms with van der Waals surface area (Å²) in [4.78, 5) is 0. The van der Waals surface area contributed by atoms with Crippen molar-refractivity contribution in [1.29, 1.82) is 0 Å². The topological polar surface area (TPSA) is 30.5 Å². The van der Waals surface area contributed by atoms with E-state index in [0.29, 0.717) is 0 Å². The van der Waals surface area contributed by atoms with Crippen LogP contribution in [0.25, 0.3) is 0 Å². The van der Waals surface area contributed by atoms with Crippen molar-refractivity contribution >= 4 is 0 Å². The minimum absolute atomic E-state index is 0.757. The van der Waals surface area contributed by atoms with E-state index >= 15 is 0 Å². The number of unbranched alkanes of at least 4 members (excludes halogenated alkanes) is 3. The lowest BCUT2D eigenvalue weighted by Gasteiger charge is -2.13.